The average molecular weight is 436 g/mol. The second-order valence-electron chi connectivity index (χ2n) is 7.37. The Bertz CT molecular complexity index is 979. The molecule has 1 fully saturated rings. The molecule has 0 spiro atoms. The molecule has 1 amide bonds. The van der Waals surface area contributed by atoms with Gasteiger partial charge in [0.2, 0.25) is 10.0 Å². The van der Waals surface area contributed by atoms with Crippen LogP contribution in [0.4, 0.5) is 0 Å². The van der Waals surface area contributed by atoms with Crippen molar-refractivity contribution in [3.05, 3.63) is 64.7 Å². The third-order valence-electron chi connectivity index (χ3n) is 5.03. The standard InChI is InChI=1S/C21H26ClN3O3S/c1-23(2)29(27,28)20-9-3-6-17(14-20)16-24-10-5-11-25(13-12-24)21(26)18-7-4-8-19(22)15-18/h3-4,6-9,14-15H,5,10-13,16H2,1-2H3. The summed E-state index contributed by atoms with van der Waals surface area (Å²) in [7, 11) is -0.390. The molecule has 2 aromatic rings. The lowest BCUT2D eigenvalue weighted by atomic mass is 10.2. The zero-order valence-electron chi connectivity index (χ0n) is 16.7. The number of hydrogen-bond acceptors (Lipinski definition) is 4. The molecular weight excluding hydrogens is 410 g/mol. The van der Waals surface area contributed by atoms with Gasteiger partial charge < -0.3 is 4.90 Å². The molecule has 3 rings (SSSR count). The van der Waals surface area contributed by atoms with E-state index in [4.69, 9.17) is 11.6 Å². The van der Waals surface area contributed by atoms with Crippen molar-refractivity contribution in [3.8, 4) is 0 Å². The molecule has 0 unspecified atom stereocenters. The lowest BCUT2D eigenvalue weighted by Crippen LogP contribution is -2.35. The number of carbonyl (C=O) groups excluding carboxylic acids is 1. The van der Waals surface area contributed by atoms with Crippen LogP contribution in [0.5, 0.6) is 0 Å². The van der Waals surface area contributed by atoms with E-state index in [1.807, 2.05) is 11.0 Å². The molecule has 1 aliphatic rings. The Morgan fingerprint density at radius 3 is 2.52 bits per heavy atom. The third kappa shape index (κ3) is 5.36. The van der Waals surface area contributed by atoms with Gasteiger partial charge in [0, 0.05) is 57.4 Å². The molecule has 0 aliphatic carbocycles. The molecule has 0 bridgehead atoms. The van der Waals surface area contributed by atoms with Crippen molar-refractivity contribution < 1.29 is 13.2 Å². The van der Waals surface area contributed by atoms with Crippen LogP contribution in [0.2, 0.25) is 5.02 Å². The monoisotopic (exact) mass is 435 g/mol. The van der Waals surface area contributed by atoms with Crippen LogP contribution in [0.25, 0.3) is 0 Å². The van der Waals surface area contributed by atoms with Gasteiger partial charge in [0.25, 0.3) is 5.91 Å². The number of benzene rings is 2. The second kappa shape index (κ2) is 9.26. The Balaban J connectivity index is 1.65. The normalized spacial score (nSPS) is 16.1. The molecule has 0 aromatic heterocycles. The summed E-state index contributed by atoms with van der Waals surface area (Å²) in [6, 6.07) is 14.1. The molecule has 6 nitrogen and oxygen atoms in total. The molecular formula is C21H26ClN3O3S. The van der Waals surface area contributed by atoms with Crippen molar-refractivity contribution in [2.45, 2.75) is 17.9 Å². The van der Waals surface area contributed by atoms with Crippen molar-refractivity contribution >= 4 is 27.5 Å². The van der Waals surface area contributed by atoms with E-state index in [9.17, 15) is 13.2 Å². The molecule has 1 heterocycles. The number of hydrogen-bond donors (Lipinski definition) is 0. The summed E-state index contributed by atoms with van der Waals surface area (Å²) in [6.45, 7) is 3.55. The van der Waals surface area contributed by atoms with Gasteiger partial charge in [0.1, 0.15) is 0 Å². The zero-order chi connectivity index (χ0) is 21.0. The molecule has 2 aromatic carbocycles. The van der Waals surface area contributed by atoms with Gasteiger partial charge in [-0.05, 0) is 42.3 Å². The van der Waals surface area contributed by atoms with Crippen molar-refractivity contribution in [1.82, 2.24) is 14.1 Å². The smallest absolute Gasteiger partial charge is 0.253 e. The predicted molar refractivity (Wildman–Crippen MR) is 115 cm³/mol. The minimum absolute atomic E-state index is 0.00609. The van der Waals surface area contributed by atoms with E-state index >= 15 is 0 Å². The van der Waals surface area contributed by atoms with Gasteiger partial charge in [-0.3, -0.25) is 9.69 Å². The molecule has 1 saturated heterocycles. The highest BCUT2D eigenvalue weighted by Crippen LogP contribution is 2.18. The van der Waals surface area contributed by atoms with Gasteiger partial charge in [-0.15, -0.1) is 0 Å². The quantitative estimate of drug-likeness (QED) is 0.724. The van der Waals surface area contributed by atoms with Crippen molar-refractivity contribution in [2.24, 2.45) is 0 Å². The van der Waals surface area contributed by atoms with Gasteiger partial charge in [0.15, 0.2) is 0 Å². The van der Waals surface area contributed by atoms with E-state index in [1.165, 1.54) is 18.4 Å². The topological polar surface area (TPSA) is 60.9 Å². The molecule has 0 N–H and O–H groups in total. The first-order chi connectivity index (χ1) is 13.8. The summed E-state index contributed by atoms with van der Waals surface area (Å²) in [4.78, 5) is 17.2. The van der Waals surface area contributed by atoms with Gasteiger partial charge in [-0.1, -0.05) is 29.8 Å². The van der Waals surface area contributed by atoms with Gasteiger partial charge >= 0.3 is 0 Å². The highest BCUT2D eigenvalue weighted by molar-refractivity contribution is 7.89. The highest BCUT2D eigenvalue weighted by Gasteiger charge is 2.21. The van der Waals surface area contributed by atoms with Crippen LogP contribution in [0.3, 0.4) is 0 Å². The molecule has 0 saturated carbocycles. The first kappa shape index (κ1) is 21.8. The predicted octanol–water partition coefficient (Wildman–Crippen LogP) is 2.94. The average Bonchev–Trinajstić information content (AvgIpc) is 2.93. The Kier molecular flexibility index (Phi) is 6.95. The van der Waals surface area contributed by atoms with Crippen LogP contribution in [0.15, 0.2) is 53.4 Å². The van der Waals surface area contributed by atoms with Crippen molar-refractivity contribution in [3.63, 3.8) is 0 Å². The van der Waals surface area contributed by atoms with Gasteiger partial charge in [-0.2, -0.15) is 0 Å². The molecule has 29 heavy (non-hydrogen) atoms. The maximum absolute atomic E-state index is 12.8. The van der Waals surface area contributed by atoms with Crippen LogP contribution in [0.1, 0.15) is 22.3 Å². The Labute approximate surface area is 177 Å². The van der Waals surface area contributed by atoms with Crippen LogP contribution in [-0.4, -0.2) is 68.7 Å². The fourth-order valence-electron chi connectivity index (χ4n) is 3.41. The summed E-state index contributed by atoms with van der Waals surface area (Å²) >= 11 is 6.01. The lowest BCUT2D eigenvalue weighted by molar-refractivity contribution is 0.0761. The maximum Gasteiger partial charge on any atom is 0.253 e. The van der Waals surface area contributed by atoms with E-state index in [-0.39, 0.29) is 5.91 Å². The first-order valence-corrected chi connectivity index (χ1v) is 11.4. The summed E-state index contributed by atoms with van der Waals surface area (Å²) in [5.41, 5.74) is 1.55. The van der Waals surface area contributed by atoms with Crippen molar-refractivity contribution in [1.29, 1.82) is 0 Å². The molecule has 8 heteroatoms. The number of carbonyl (C=O) groups is 1. The van der Waals surface area contributed by atoms with Crippen LogP contribution < -0.4 is 0 Å². The van der Waals surface area contributed by atoms with E-state index in [1.54, 1.807) is 42.5 Å². The van der Waals surface area contributed by atoms with E-state index < -0.39 is 10.0 Å². The van der Waals surface area contributed by atoms with E-state index in [2.05, 4.69) is 4.90 Å². The van der Waals surface area contributed by atoms with Gasteiger partial charge in [0.05, 0.1) is 4.90 Å². The SMILES string of the molecule is CN(C)S(=O)(=O)c1cccc(CN2CCCN(C(=O)c3cccc(Cl)c3)CC2)c1. The van der Waals surface area contributed by atoms with Crippen LogP contribution in [0, 0.1) is 0 Å². The lowest BCUT2D eigenvalue weighted by Gasteiger charge is -2.22. The third-order valence-corrected chi connectivity index (χ3v) is 7.08. The number of amides is 1. The fraction of sp³-hybridized carbons (Fsp3) is 0.381. The first-order valence-electron chi connectivity index (χ1n) is 9.56. The molecule has 0 atom stereocenters. The number of rotatable bonds is 5. The molecule has 0 radical (unpaired) electrons. The maximum atomic E-state index is 12.8. The van der Waals surface area contributed by atoms with Crippen molar-refractivity contribution in [2.75, 3.05) is 40.3 Å². The second-order valence-corrected chi connectivity index (χ2v) is 9.96. The Hall–Kier alpha value is -1.93. The Morgan fingerprint density at radius 1 is 1.03 bits per heavy atom. The van der Waals surface area contributed by atoms with Crippen LogP contribution >= 0.6 is 11.6 Å². The van der Waals surface area contributed by atoms with E-state index in [0.29, 0.717) is 35.1 Å². The number of nitrogens with zero attached hydrogens (tertiary/aromatic N) is 3. The summed E-state index contributed by atoms with van der Waals surface area (Å²) in [5, 5.41) is 0.555. The minimum Gasteiger partial charge on any atom is -0.337 e. The Morgan fingerprint density at radius 2 is 1.79 bits per heavy atom. The number of sulfonamides is 1. The minimum atomic E-state index is -3.45. The summed E-state index contributed by atoms with van der Waals surface area (Å²) in [6.07, 6.45) is 0.863. The van der Waals surface area contributed by atoms with Gasteiger partial charge in [-0.25, -0.2) is 12.7 Å². The molecule has 1 aliphatic heterocycles. The zero-order valence-corrected chi connectivity index (χ0v) is 18.3. The molecule has 156 valence electrons. The largest absolute Gasteiger partial charge is 0.337 e. The fourth-order valence-corrected chi connectivity index (χ4v) is 4.57. The van der Waals surface area contributed by atoms with E-state index in [0.717, 1.165) is 25.1 Å². The summed E-state index contributed by atoms with van der Waals surface area (Å²) < 4.78 is 26.0. The number of halogens is 1. The highest BCUT2D eigenvalue weighted by atomic mass is 35.5. The summed E-state index contributed by atoms with van der Waals surface area (Å²) in [5.74, 6) is -0.00609. The van der Waals surface area contributed by atoms with Crippen LogP contribution in [-0.2, 0) is 16.6 Å².